The van der Waals surface area contributed by atoms with E-state index < -0.39 is 5.97 Å². The molecule has 0 unspecified atom stereocenters. The van der Waals surface area contributed by atoms with E-state index in [0.717, 1.165) is 21.3 Å². The molecule has 0 bridgehead atoms. The summed E-state index contributed by atoms with van der Waals surface area (Å²) in [5, 5.41) is 9.78. The van der Waals surface area contributed by atoms with Crippen LogP contribution >= 0.6 is 11.3 Å². The highest BCUT2D eigenvalue weighted by atomic mass is 32.1. The standard InChI is InChI=1S/C13H14N2O2S/c1-15(2)13-14-12(9-6-4-3-5-7-9)10(18-13)8-11(16)17/h3-7H,8H2,1-2H3,(H,16,17). The summed E-state index contributed by atoms with van der Waals surface area (Å²) in [4.78, 5) is 18.1. The summed E-state index contributed by atoms with van der Waals surface area (Å²) in [6.07, 6.45) is 0.00966. The number of hydrogen-bond acceptors (Lipinski definition) is 4. The zero-order valence-electron chi connectivity index (χ0n) is 10.3. The van der Waals surface area contributed by atoms with Gasteiger partial charge in [-0.2, -0.15) is 0 Å². The quantitative estimate of drug-likeness (QED) is 0.919. The highest BCUT2D eigenvalue weighted by Crippen LogP contribution is 2.32. The zero-order valence-corrected chi connectivity index (χ0v) is 11.1. The van der Waals surface area contributed by atoms with Crippen molar-refractivity contribution < 1.29 is 9.90 Å². The molecule has 2 aromatic rings. The molecule has 1 N–H and O–H groups in total. The number of carboxylic acid groups (broad SMARTS) is 1. The summed E-state index contributed by atoms with van der Waals surface area (Å²) in [5.41, 5.74) is 1.73. The van der Waals surface area contributed by atoms with Crippen LogP contribution in [0.4, 0.5) is 5.13 Å². The fourth-order valence-electron chi connectivity index (χ4n) is 1.61. The van der Waals surface area contributed by atoms with Crippen molar-refractivity contribution in [1.29, 1.82) is 0 Å². The molecule has 94 valence electrons. The molecule has 0 fully saturated rings. The Morgan fingerprint density at radius 3 is 2.56 bits per heavy atom. The highest BCUT2D eigenvalue weighted by Gasteiger charge is 2.16. The van der Waals surface area contributed by atoms with Gasteiger partial charge in [-0.25, -0.2) is 4.98 Å². The van der Waals surface area contributed by atoms with Gasteiger partial charge in [-0.1, -0.05) is 30.3 Å². The van der Waals surface area contributed by atoms with Gasteiger partial charge in [0.15, 0.2) is 5.13 Å². The first kappa shape index (κ1) is 12.6. The highest BCUT2D eigenvalue weighted by molar-refractivity contribution is 7.16. The van der Waals surface area contributed by atoms with Gasteiger partial charge < -0.3 is 10.0 Å². The average molecular weight is 262 g/mol. The van der Waals surface area contributed by atoms with Crippen LogP contribution in [0.25, 0.3) is 11.3 Å². The van der Waals surface area contributed by atoms with Gasteiger partial charge in [0.05, 0.1) is 12.1 Å². The van der Waals surface area contributed by atoms with Crippen molar-refractivity contribution in [2.45, 2.75) is 6.42 Å². The van der Waals surface area contributed by atoms with E-state index in [2.05, 4.69) is 4.98 Å². The maximum atomic E-state index is 10.9. The van der Waals surface area contributed by atoms with Crippen LogP contribution in [0.1, 0.15) is 4.88 Å². The summed E-state index contributed by atoms with van der Waals surface area (Å²) in [7, 11) is 3.80. The molecule has 18 heavy (non-hydrogen) atoms. The van der Waals surface area contributed by atoms with Crippen molar-refractivity contribution in [3.63, 3.8) is 0 Å². The third-order valence-corrected chi connectivity index (χ3v) is 3.65. The normalized spacial score (nSPS) is 10.3. The Labute approximate surface area is 110 Å². The Morgan fingerprint density at radius 1 is 1.33 bits per heavy atom. The van der Waals surface area contributed by atoms with E-state index in [1.165, 1.54) is 11.3 Å². The summed E-state index contributed by atoms with van der Waals surface area (Å²) in [5.74, 6) is -0.832. The molecule has 0 radical (unpaired) electrons. The van der Waals surface area contributed by atoms with Crippen LogP contribution in [-0.4, -0.2) is 30.2 Å². The maximum absolute atomic E-state index is 10.9. The molecule has 0 spiro atoms. The molecule has 0 aliphatic carbocycles. The Hall–Kier alpha value is -1.88. The monoisotopic (exact) mass is 262 g/mol. The molecule has 0 aliphatic heterocycles. The Kier molecular flexibility index (Phi) is 3.62. The molecule has 0 saturated heterocycles. The van der Waals surface area contributed by atoms with Gasteiger partial charge in [0.1, 0.15) is 0 Å². The second-order valence-electron chi connectivity index (χ2n) is 4.10. The Balaban J connectivity index is 2.47. The first-order valence-electron chi connectivity index (χ1n) is 5.52. The number of nitrogens with zero attached hydrogens (tertiary/aromatic N) is 2. The van der Waals surface area contributed by atoms with E-state index in [9.17, 15) is 4.79 Å². The zero-order chi connectivity index (χ0) is 13.1. The van der Waals surface area contributed by atoms with Gasteiger partial charge in [-0.3, -0.25) is 4.79 Å². The molecule has 1 heterocycles. The van der Waals surface area contributed by atoms with Crippen molar-refractivity contribution in [3.05, 3.63) is 35.2 Å². The molecule has 0 atom stereocenters. The number of hydrogen-bond donors (Lipinski definition) is 1. The fraction of sp³-hybridized carbons (Fsp3) is 0.231. The van der Waals surface area contributed by atoms with Crippen LogP contribution in [0.15, 0.2) is 30.3 Å². The summed E-state index contributed by atoms with van der Waals surface area (Å²) < 4.78 is 0. The van der Waals surface area contributed by atoms with E-state index in [1.807, 2.05) is 49.3 Å². The van der Waals surface area contributed by atoms with Crippen LogP contribution < -0.4 is 4.90 Å². The Morgan fingerprint density at radius 2 is 2.00 bits per heavy atom. The van der Waals surface area contributed by atoms with Crippen molar-refractivity contribution in [1.82, 2.24) is 4.98 Å². The number of thiazole rings is 1. The summed E-state index contributed by atoms with van der Waals surface area (Å²) >= 11 is 1.42. The third-order valence-electron chi connectivity index (χ3n) is 2.43. The van der Waals surface area contributed by atoms with Crippen LogP contribution in [-0.2, 0) is 11.2 Å². The second kappa shape index (κ2) is 5.18. The number of benzene rings is 1. The van der Waals surface area contributed by atoms with Crippen molar-refractivity contribution in [2.24, 2.45) is 0 Å². The van der Waals surface area contributed by atoms with Crippen LogP contribution in [0.3, 0.4) is 0 Å². The predicted octanol–water partition coefficient (Wildman–Crippen LogP) is 2.50. The molecule has 4 nitrogen and oxygen atoms in total. The van der Waals surface area contributed by atoms with Gasteiger partial charge in [0.25, 0.3) is 0 Å². The number of carbonyl (C=O) groups is 1. The lowest BCUT2D eigenvalue weighted by molar-refractivity contribution is -0.136. The average Bonchev–Trinajstić information content (AvgIpc) is 2.73. The smallest absolute Gasteiger partial charge is 0.308 e. The van der Waals surface area contributed by atoms with Gasteiger partial charge in [0, 0.05) is 24.5 Å². The maximum Gasteiger partial charge on any atom is 0.308 e. The molecular formula is C13H14N2O2S. The molecular weight excluding hydrogens is 248 g/mol. The van der Waals surface area contributed by atoms with Gasteiger partial charge in [-0.15, -0.1) is 11.3 Å². The largest absolute Gasteiger partial charge is 0.481 e. The molecule has 0 saturated carbocycles. The predicted molar refractivity (Wildman–Crippen MR) is 73.2 cm³/mol. The summed E-state index contributed by atoms with van der Waals surface area (Å²) in [6, 6.07) is 9.67. The minimum absolute atomic E-state index is 0.00966. The molecule has 1 aromatic heterocycles. The molecule has 2 rings (SSSR count). The van der Waals surface area contributed by atoms with E-state index in [4.69, 9.17) is 5.11 Å². The van der Waals surface area contributed by atoms with Crippen molar-refractivity contribution in [2.75, 3.05) is 19.0 Å². The Bertz CT molecular complexity index is 549. The lowest BCUT2D eigenvalue weighted by Crippen LogP contribution is -2.07. The SMILES string of the molecule is CN(C)c1nc(-c2ccccc2)c(CC(=O)O)s1. The van der Waals surface area contributed by atoms with E-state index in [0.29, 0.717) is 0 Å². The minimum Gasteiger partial charge on any atom is -0.481 e. The van der Waals surface area contributed by atoms with Gasteiger partial charge in [0.2, 0.25) is 0 Å². The number of aromatic nitrogens is 1. The molecule has 0 aliphatic rings. The lowest BCUT2D eigenvalue weighted by Gasteiger charge is -2.05. The third kappa shape index (κ3) is 2.68. The number of carboxylic acids is 1. The molecule has 0 amide bonds. The van der Waals surface area contributed by atoms with Crippen molar-refractivity contribution >= 4 is 22.4 Å². The van der Waals surface area contributed by atoms with E-state index in [-0.39, 0.29) is 6.42 Å². The van der Waals surface area contributed by atoms with E-state index in [1.54, 1.807) is 0 Å². The first-order chi connectivity index (χ1) is 8.58. The number of aliphatic carboxylic acids is 1. The summed E-state index contributed by atoms with van der Waals surface area (Å²) in [6.45, 7) is 0. The van der Waals surface area contributed by atoms with Crippen LogP contribution in [0, 0.1) is 0 Å². The lowest BCUT2D eigenvalue weighted by atomic mass is 10.1. The van der Waals surface area contributed by atoms with Gasteiger partial charge in [-0.05, 0) is 0 Å². The van der Waals surface area contributed by atoms with Crippen molar-refractivity contribution in [3.8, 4) is 11.3 Å². The number of rotatable bonds is 4. The second-order valence-corrected chi connectivity index (χ2v) is 5.16. The first-order valence-corrected chi connectivity index (χ1v) is 6.34. The van der Waals surface area contributed by atoms with Gasteiger partial charge >= 0.3 is 5.97 Å². The molecule has 1 aromatic carbocycles. The topological polar surface area (TPSA) is 53.4 Å². The van der Waals surface area contributed by atoms with E-state index >= 15 is 0 Å². The fourth-order valence-corrected chi connectivity index (χ4v) is 2.61. The number of anilines is 1. The molecule has 5 heteroatoms. The van der Waals surface area contributed by atoms with Crippen LogP contribution in [0.5, 0.6) is 0 Å². The minimum atomic E-state index is -0.832. The van der Waals surface area contributed by atoms with Crippen LogP contribution in [0.2, 0.25) is 0 Å².